The number of hydrogen-bond acceptors (Lipinski definition) is 2. The van der Waals surface area contributed by atoms with Gasteiger partial charge in [-0.05, 0) is 48.4 Å². The lowest BCUT2D eigenvalue weighted by molar-refractivity contribution is -0.125. The predicted molar refractivity (Wildman–Crippen MR) is 85.1 cm³/mol. The van der Waals surface area contributed by atoms with Crippen LogP contribution in [0, 0.1) is 11.8 Å². The van der Waals surface area contributed by atoms with E-state index in [-0.39, 0.29) is 5.92 Å². The van der Waals surface area contributed by atoms with Crippen LogP contribution in [0.15, 0.2) is 12.1 Å². The average molecular weight is 307 g/mol. The Bertz CT molecular complexity index is 538. The van der Waals surface area contributed by atoms with Crippen LogP contribution in [-0.4, -0.2) is 12.4 Å². The van der Waals surface area contributed by atoms with E-state index in [1.165, 1.54) is 18.4 Å². The van der Waals surface area contributed by atoms with Crippen molar-refractivity contribution in [2.24, 2.45) is 11.8 Å². The van der Waals surface area contributed by atoms with Crippen LogP contribution in [0.1, 0.15) is 50.2 Å². The lowest BCUT2D eigenvalue weighted by Gasteiger charge is -2.28. The van der Waals surface area contributed by atoms with E-state index in [1.54, 1.807) is 0 Å². The first-order valence-corrected chi connectivity index (χ1v) is 8.52. The summed E-state index contributed by atoms with van der Waals surface area (Å²) in [7, 11) is 0. The molecule has 0 bridgehead atoms. The molecule has 1 fully saturated rings. The normalized spacial score (nSPS) is 24.8. The monoisotopic (exact) mass is 306 g/mol. The molecule has 3 rings (SSSR count). The maximum atomic E-state index is 12.3. The van der Waals surface area contributed by atoms with Gasteiger partial charge in [0, 0.05) is 23.8 Å². The van der Waals surface area contributed by atoms with Gasteiger partial charge in [-0.3, -0.25) is 4.79 Å². The van der Waals surface area contributed by atoms with Crippen LogP contribution in [0.4, 0.5) is 0 Å². The quantitative estimate of drug-likeness (QED) is 0.812. The van der Waals surface area contributed by atoms with E-state index in [1.807, 2.05) is 12.1 Å². The van der Waals surface area contributed by atoms with E-state index in [0.717, 1.165) is 55.0 Å². The molecule has 21 heavy (non-hydrogen) atoms. The topological polar surface area (TPSA) is 26.3 Å². The molecular formula is C18H23ClO2. The Hall–Kier alpha value is -1.02. The second-order valence-electron chi connectivity index (χ2n) is 6.45. The fourth-order valence-corrected chi connectivity index (χ4v) is 4.10. The van der Waals surface area contributed by atoms with Crippen LogP contribution >= 0.6 is 11.6 Å². The minimum absolute atomic E-state index is 0.155. The molecule has 0 saturated heterocycles. The predicted octanol–water partition coefficient (Wildman–Crippen LogP) is 4.60. The van der Waals surface area contributed by atoms with Crippen LogP contribution in [0.5, 0.6) is 5.75 Å². The van der Waals surface area contributed by atoms with Gasteiger partial charge in [-0.25, -0.2) is 0 Å². The van der Waals surface area contributed by atoms with Crippen LogP contribution in [0.25, 0.3) is 0 Å². The van der Waals surface area contributed by atoms with Crippen molar-refractivity contribution in [2.75, 3.05) is 6.61 Å². The molecule has 2 atom stereocenters. The first-order valence-electron chi connectivity index (χ1n) is 8.14. The molecule has 1 saturated carbocycles. The zero-order chi connectivity index (χ0) is 14.8. The molecule has 1 aromatic carbocycles. The summed E-state index contributed by atoms with van der Waals surface area (Å²) in [6.45, 7) is 2.96. The lowest BCUT2D eigenvalue weighted by Crippen LogP contribution is -2.26. The number of Topliss-reactive ketones (excluding diaryl/α,β-unsaturated/α-hetero) is 1. The standard InChI is InChI=1S/C18H23ClO2/c1-2-3-12-4-5-17(20)14(8-12)9-15-11-16(19)10-13-6-7-21-18(13)15/h10-12,14H,2-9H2,1H3. The minimum atomic E-state index is 0.155. The van der Waals surface area contributed by atoms with Gasteiger partial charge < -0.3 is 4.74 Å². The summed E-state index contributed by atoms with van der Waals surface area (Å²) in [5.74, 6) is 2.28. The van der Waals surface area contributed by atoms with Gasteiger partial charge in [0.15, 0.2) is 0 Å². The van der Waals surface area contributed by atoms with E-state index < -0.39 is 0 Å². The Kier molecular flexibility index (Phi) is 4.54. The van der Waals surface area contributed by atoms with Crippen molar-refractivity contribution in [1.82, 2.24) is 0 Å². The van der Waals surface area contributed by atoms with Crippen LogP contribution in [-0.2, 0) is 17.6 Å². The van der Waals surface area contributed by atoms with Crippen molar-refractivity contribution in [1.29, 1.82) is 0 Å². The van der Waals surface area contributed by atoms with Gasteiger partial charge in [-0.1, -0.05) is 31.4 Å². The highest BCUT2D eigenvalue weighted by atomic mass is 35.5. The van der Waals surface area contributed by atoms with Gasteiger partial charge in [-0.15, -0.1) is 0 Å². The summed E-state index contributed by atoms with van der Waals surface area (Å²) < 4.78 is 5.77. The molecule has 0 N–H and O–H groups in total. The van der Waals surface area contributed by atoms with Crippen LogP contribution in [0.2, 0.25) is 5.02 Å². The molecule has 2 aliphatic rings. The number of fused-ring (bicyclic) bond motifs is 1. The maximum absolute atomic E-state index is 12.3. The number of hydrogen-bond donors (Lipinski definition) is 0. The number of carbonyl (C=O) groups is 1. The van der Waals surface area contributed by atoms with Gasteiger partial charge in [0.25, 0.3) is 0 Å². The van der Waals surface area contributed by atoms with Crippen LogP contribution < -0.4 is 4.74 Å². The van der Waals surface area contributed by atoms with Crippen molar-refractivity contribution in [2.45, 2.75) is 51.9 Å². The van der Waals surface area contributed by atoms with Crippen LogP contribution in [0.3, 0.4) is 0 Å². The number of ketones is 1. The molecule has 2 unspecified atom stereocenters. The van der Waals surface area contributed by atoms with E-state index >= 15 is 0 Å². The molecule has 114 valence electrons. The molecular weight excluding hydrogens is 284 g/mol. The van der Waals surface area contributed by atoms with Gasteiger partial charge in [0.2, 0.25) is 0 Å². The third kappa shape index (κ3) is 3.26. The molecule has 0 radical (unpaired) electrons. The van der Waals surface area contributed by atoms with E-state index in [4.69, 9.17) is 16.3 Å². The maximum Gasteiger partial charge on any atom is 0.136 e. The van der Waals surface area contributed by atoms with Crippen molar-refractivity contribution >= 4 is 17.4 Å². The molecule has 0 aromatic heterocycles. The van der Waals surface area contributed by atoms with E-state index in [2.05, 4.69) is 6.92 Å². The number of rotatable bonds is 4. The van der Waals surface area contributed by atoms with Crippen molar-refractivity contribution < 1.29 is 9.53 Å². The van der Waals surface area contributed by atoms with E-state index in [9.17, 15) is 4.79 Å². The highest BCUT2D eigenvalue weighted by molar-refractivity contribution is 6.30. The van der Waals surface area contributed by atoms with Gasteiger partial charge in [-0.2, -0.15) is 0 Å². The Balaban J connectivity index is 1.78. The molecule has 2 nitrogen and oxygen atoms in total. The summed E-state index contributed by atoms with van der Waals surface area (Å²) in [5, 5.41) is 0.766. The first-order chi connectivity index (χ1) is 10.2. The summed E-state index contributed by atoms with van der Waals surface area (Å²) in [4.78, 5) is 12.3. The summed E-state index contributed by atoms with van der Waals surface area (Å²) in [6, 6.07) is 3.98. The third-order valence-corrected chi connectivity index (χ3v) is 5.08. The first kappa shape index (κ1) is 14.9. The second-order valence-corrected chi connectivity index (χ2v) is 6.88. The fourth-order valence-electron chi connectivity index (χ4n) is 3.83. The fraction of sp³-hybridized carbons (Fsp3) is 0.611. The summed E-state index contributed by atoms with van der Waals surface area (Å²) in [6.07, 6.45) is 7.04. The number of benzene rings is 1. The molecule has 1 aromatic rings. The zero-order valence-corrected chi connectivity index (χ0v) is 13.4. The lowest BCUT2D eigenvalue weighted by atomic mass is 9.76. The van der Waals surface area contributed by atoms with Crippen molar-refractivity contribution in [3.8, 4) is 5.75 Å². The Morgan fingerprint density at radius 1 is 1.33 bits per heavy atom. The Morgan fingerprint density at radius 2 is 2.19 bits per heavy atom. The summed E-state index contributed by atoms with van der Waals surface area (Å²) in [5.41, 5.74) is 2.33. The second kappa shape index (κ2) is 6.39. The smallest absolute Gasteiger partial charge is 0.136 e. The molecule has 1 aliphatic carbocycles. The summed E-state index contributed by atoms with van der Waals surface area (Å²) >= 11 is 6.22. The Morgan fingerprint density at radius 3 is 3.00 bits per heavy atom. The molecule has 0 spiro atoms. The number of ether oxygens (including phenoxy) is 1. The molecule has 1 aliphatic heterocycles. The average Bonchev–Trinajstić information content (AvgIpc) is 2.91. The van der Waals surface area contributed by atoms with Crippen molar-refractivity contribution in [3.05, 3.63) is 28.3 Å². The van der Waals surface area contributed by atoms with Gasteiger partial charge >= 0.3 is 0 Å². The van der Waals surface area contributed by atoms with E-state index in [0.29, 0.717) is 11.7 Å². The van der Waals surface area contributed by atoms with Crippen molar-refractivity contribution in [3.63, 3.8) is 0 Å². The molecule has 1 heterocycles. The van der Waals surface area contributed by atoms with Gasteiger partial charge in [0.1, 0.15) is 11.5 Å². The zero-order valence-electron chi connectivity index (χ0n) is 12.7. The highest BCUT2D eigenvalue weighted by Gasteiger charge is 2.30. The SMILES string of the molecule is CCCC1CCC(=O)C(Cc2cc(Cl)cc3c2OCC3)C1. The number of carbonyl (C=O) groups excluding carboxylic acids is 1. The minimum Gasteiger partial charge on any atom is -0.493 e. The highest BCUT2D eigenvalue weighted by Crippen LogP contribution is 2.37. The molecule has 3 heteroatoms. The Labute approximate surface area is 131 Å². The molecule has 0 amide bonds. The van der Waals surface area contributed by atoms with Gasteiger partial charge in [0.05, 0.1) is 6.61 Å². The number of halogens is 1. The largest absolute Gasteiger partial charge is 0.493 e. The third-order valence-electron chi connectivity index (χ3n) is 4.86.